The lowest BCUT2D eigenvalue weighted by Gasteiger charge is -2.43. The Bertz CT molecular complexity index is 1240. The Morgan fingerprint density at radius 1 is 1.00 bits per heavy atom. The highest BCUT2D eigenvalue weighted by molar-refractivity contribution is 5.88. The highest BCUT2D eigenvalue weighted by Crippen LogP contribution is 2.50. The van der Waals surface area contributed by atoms with Gasteiger partial charge < -0.3 is 19.7 Å². The zero-order valence-corrected chi connectivity index (χ0v) is 28.2. The Kier molecular flexibility index (Phi) is 11.4. The SMILES string of the molecule is Cc1nc(C)c([C@H](OC(C)(C)C)C(=O)OC(C)C)c(N2CCC3(CCCC3)CC2)c1-c1ccc2c(c1)CCNC2.Cl.Cl. The molecule has 234 valence electrons. The van der Waals surface area contributed by atoms with Crippen LogP contribution < -0.4 is 10.2 Å². The minimum absolute atomic E-state index is 0. The summed E-state index contributed by atoms with van der Waals surface area (Å²) in [4.78, 5) is 21.4. The molecule has 42 heavy (non-hydrogen) atoms. The first-order chi connectivity index (χ1) is 19.0. The molecule has 2 aromatic rings. The number of rotatable bonds is 6. The number of piperidine rings is 1. The molecule has 0 amide bonds. The average molecular weight is 621 g/mol. The maximum atomic E-state index is 13.7. The second-order valence-electron chi connectivity index (χ2n) is 13.6. The first kappa shape index (κ1) is 34.6. The zero-order chi connectivity index (χ0) is 28.7. The molecular weight excluding hydrogens is 569 g/mol. The van der Waals surface area contributed by atoms with Gasteiger partial charge in [-0.05, 0) is 109 Å². The third-order valence-electron chi connectivity index (χ3n) is 9.06. The zero-order valence-electron chi connectivity index (χ0n) is 26.6. The molecule has 0 bridgehead atoms. The van der Waals surface area contributed by atoms with E-state index < -0.39 is 11.7 Å². The van der Waals surface area contributed by atoms with Gasteiger partial charge in [-0.1, -0.05) is 31.0 Å². The van der Waals surface area contributed by atoms with E-state index in [0.29, 0.717) is 5.41 Å². The molecule has 1 spiro atoms. The van der Waals surface area contributed by atoms with Gasteiger partial charge in [0, 0.05) is 42.1 Å². The molecule has 1 atom stereocenters. The van der Waals surface area contributed by atoms with Crippen molar-refractivity contribution in [2.24, 2.45) is 5.41 Å². The number of carbonyl (C=O) groups excluding carboxylic acids is 1. The molecular formula is C34H51Cl2N3O3. The summed E-state index contributed by atoms with van der Waals surface area (Å²) in [6, 6.07) is 6.86. The van der Waals surface area contributed by atoms with E-state index in [2.05, 4.69) is 35.3 Å². The monoisotopic (exact) mass is 619 g/mol. The third-order valence-corrected chi connectivity index (χ3v) is 9.06. The Morgan fingerprint density at radius 3 is 2.29 bits per heavy atom. The number of benzene rings is 1. The van der Waals surface area contributed by atoms with Crippen molar-refractivity contribution >= 4 is 36.5 Å². The topological polar surface area (TPSA) is 63.7 Å². The number of hydrogen-bond acceptors (Lipinski definition) is 6. The van der Waals surface area contributed by atoms with Crippen LogP contribution in [0.25, 0.3) is 11.1 Å². The van der Waals surface area contributed by atoms with Gasteiger partial charge >= 0.3 is 5.97 Å². The summed E-state index contributed by atoms with van der Waals surface area (Å²) >= 11 is 0. The molecule has 3 heterocycles. The standard InChI is InChI=1S/C34H49N3O3.2ClH/c1-22(2)39-32(38)31(40-33(5,6)7)29-24(4)36-23(3)28(26-10-11-27-21-35-17-12-25(27)20-26)30(29)37-18-15-34(16-19-37)13-8-9-14-34;;/h10-11,20,22,31,35H,8-9,12-19,21H2,1-7H3;2*1H/t31-;;/m0../s1. The van der Waals surface area contributed by atoms with Crippen LogP contribution in [0.15, 0.2) is 18.2 Å². The number of ether oxygens (including phenoxy) is 2. The molecule has 1 aromatic carbocycles. The predicted molar refractivity (Wildman–Crippen MR) is 176 cm³/mol. The van der Waals surface area contributed by atoms with Gasteiger partial charge in [-0.3, -0.25) is 4.98 Å². The van der Waals surface area contributed by atoms with Crippen molar-refractivity contribution in [1.82, 2.24) is 10.3 Å². The van der Waals surface area contributed by atoms with E-state index >= 15 is 0 Å². The number of carbonyl (C=O) groups is 1. The number of hydrogen-bond donors (Lipinski definition) is 1. The maximum absolute atomic E-state index is 13.7. The van der Waals surface area contributed by atoms with Crippen LogP contribution in [0.5, 0.6) is 0 Å². The van der Waals surface area contributed by atoms with Crippen molar-refractivity contribution in [2.75, 3.05) is 24.5 Å². The van der Waals surface area contributed by atoms with Crippen LogP contribution >= 0.6 is 24.8 Å². The van der Waals surface area contributed by atoms with Crippen molar-refractivity contribution in [3.8, 4) is 11.1 Å². The number of nitrogens with zero attached hydrogens (tertiary/aromatic N) is 2. The normalized spacial score (nSPS) is 18.7. The smallest absolute Gasteiger partial charge is 0.340 e. The number of esters is 1. The van der Waals surface area contributed by atoms with Gasteiger partial charge in [0.15, 0.2) is 6.10 Å². The maximum Gasteiger partial charge on any atom is 0.340 e. The van der Waals surface area contributed by atoms with Gasteiger partial charge in [0.1, 0.15) is 0 Å². The van der Waals surface area contributed by atoms with Crippen LogP contribution in [0.4, 0.5) is 5.69 Å². The van der Waals surface area contributed by atoms with E-state index in [0.717, 1.165) is 60.8 Å². The van der Waals surface area contributed by atoms with Crippen molar-refractivity contribution in [2.45, 2.75) is 118 Å². The summed E-state index contributed by atoms with van der Waals surface area (Å²) in [5, 5.41) is 3.49. The van der Waals surface area contributed by atoms with Gasteiger partial charge in [0.05, 0.1) is 17.4 Å². The fourth-order valence-corrected chi connectivity index (χ4v) is 7.17. The first-order valence-corrected chi connectivity index (χ1v) is 15.4. The van der Waals surface area contributed by atoms with Crippen molar-refractivity contribution in [3.63, 3.8) is 0 Å². The predicted octanol–water partition coefficient (Wildman–Crippen LogP) is 7.82. The molecule has 1 saturated carbocycles. The summed E-state index contributed by atoms with van der Waals surface area (Å²) in [6.45, 7) is 17.8. The van der Waals surface area contributed by atoms with Crippen LogP contribution in [0, 0.1) is 19.3 Å². The molecule has 2 aliphatic heterocycles. The highest BCUT2D eigenvalue weighted by Gasteiger charge is 2.41. The van der Waals surface area contributed by atoms with E-state index in [4.69, 9.17) is 14.5 Å². The highest BCUT2D eigenvalue weighted by atomic mass is 35.5. The average Bonchev–Trinajstić information content (AvgIpc) is 3.34. The summed E-state index contributed by atoms with van der Waals surface area (Å²) in [7, 11) is 0. The van der Waals surface area contributed by atoms with Gasteiger partial charge in [-0.25, -0.2) is 4.79 Å². The van der Waals surface area contributed by atoms with E-state index in [9.17, 15) is 4.79 Å². The van der Waals surface area contributed by atoms with Gasteiger partial charge in [-0.15, -0.1) is 24.8 Å². The quantitative estimate of drug-likeness (QED) is 0.332. The van der Waals surface area contributed by atoms with Crippen molar-refractivity contribution in [3.05, 3.63) is 46.3 Å². The Balaban J connectivity index is 0.00000242. The van der Waals surface area contributed by atoms with Crippen LogP contribution in [0.2, 0.25) is 0 Å². The molecule has 0 radical (unpaired) electrons. The van der Waals surface area contributed by atoms with Crippen LogP contribution in [-0.4, -0.2) is 42.3 Å². The molecule has 5 rings (SSSR count). The van der Waals surface area contributed by atoms with Crippen LogP contribution in [-0.2, 0) is 27.2 Å². The number of pyridine rings is 1. The Hall–Kier alpha value is -1.86. The van der Waals surface area contributed by atoms with E-state index in [1.165, 1.54) is 55.2 Å². The molecule has 1 aromatic heterocycles. The van der Waals surface area contributed by atoms with Crippen molar-refractivity contribution in [1.29, 1.82) is 0 Å². The van der Waals surface area contributed by atoms with E-state index in [1.54, 1.807) is 0 Å². The number of halogens is 2. The van der Waals surface area contributed by atoms with E-state index in [1.807, 2.05) is 41.5 Å². The molecule has 1 N–H and O–H groups in total. The number of fused-ring (bicyclic) bond motifs is 1. The largest absolute Gasteiger partial charge is 0.461 e. The van der Waals surface area contributed by atoms with Crippen LogP contribution in [0.3, 0.4) is 0 Å². The Labute approximate surface area is 265 Å². The molecule has 6 nitrogen and oxygen atoms in total. The van der Waals surface area contributed by atoms with Gasteiger partial charge in [-0.2, -0.15) is 0 Å². The number of aryl methyl sites for hydroxylation is 2. The van der Waals surface area contributed by atoms with E-state index in [-0.39, 0.29) is 36.9 Å². The molecule has 0 unspecified atom stereocenters. The minimum atomic E-state index is -0.853. The number of anilines is 1. The molecule has 1 aliphatic carbocycles. The lowest BCUT2D eigenvalue weighted by molar-refractivity contribution is -0.171. The van der Waals surface area contributed by atoms with Gasteiger partial charge in [0.25, 0.3) is 0 Å². The summed E-state index contributed by atoms with van der Waals surface area (Å²) < 4.78 is 12.4. The first-order valence-electron chi connectivity index (χ1n) is 15.4. The second kappa shape index (κ2) is 13.8. The number of nitrogens with one attached hydrogen (secondary N) is 1. The van der Waals surface area contributed by atoms with Crippen molar-refractivity contribution < 1.29 is 14.3 Å². The fraction of sp³-hybridized carbons (Fsp3) is 0.647. The second-order valence-corrected chi connectivity index (χ2v) is 13.6. The molecule has 8 heteroatoms. The van der Waals surface area contributed by atoms with Crippen LogP contribution in [0.1, 0.15) is 107 Å². The lowest BCUT2D eigenvalue weighted by Crippen LogP contribution is -2.41. The van der Waals surface area contributed by atoms with Gasteiger partial charge in [0.2, 0.25) is 0 Å². The summed E-state index contributed by atoms with van der Waals surface area (Å²) in [6.07, 6.45) is 7.75. The summed E-state index contributed by atoms with van der Waals surface area (Å²) in [5.74, 6) is -0.341. The summed E-state index contributed by atoms with van der Waals surface area (Å²) in [5.41, 5.74) is 8.84. The molecule has 3 aliphatic rings. The minimum Gasteiger partial charge on any atom is -0.461 e. The molecule has 1 saturated heterocycles. The third kappa shape index (κ3) is 7.43. The Morgan fingerprint density at radius 2 is 1.67 bits per heavy atom. The lowest BCUT2D eigenvalue weighted by atomic mass is 9.76. The fourth-order valence-electron chi connectivity index (χ4n) is 7.17. The molecule has 2 fully saturated rings. The number of aromatic nitrogens is 1.